The molecule has 0 unspecified atom stereocenters. The van der Waals surface area contributed by atoms with E-state index in [9.17, 15) is 4.79 Å². The molecule has 0 amide bonds. The molecule has 21 heavy (non-hydrogen) atoms. The summed E-state index contributed by atoms with van der Waals surface area (Å²) in [6.07, 6.45) is 0.291. The van der Waals surface area contributed by atoms with E-state index in [2.05, 4.69) is 5.10 Å². The molecule has 0 radical (unpaired) electrons. The third-order valence-corrected chi connectivity index (χ3v) is 3.98. The summed E-state index contributed by atoms with van der Waals surface area (Å²) < 4.78 is 7.40. The van der Waals surface area contributed by atoms with E-state index in [0.717, 1.165) is 22.3 Å². The molecule has 2 aromatic heterocycles. The van der Waals surface area contributed by atoms with E-state index in [1.807, 2.05) is 20.9 Å². The van der Waals surface area contributed by atoms with E-state index in [4.69, 9.17) is 16.0 Å². The lowest BCUT2D eigenvalue weighted by molar-refractivity contribution is 0.0968. The van der Waals surface area contributed by atoms with Crippen molar-refractivity contribution in [1.82, 2.24) is 9.78 Å². The Balaban J connectivity index is 1.93. The molecule has 0 fully saturated rings. The van der Waals surface area contributed by atoms with Gasteiger partial charge < -0.3 is 4.42 Å². The van der Waals surface area contributed by atoms with Crippen LogP contribution in [0, 0.1) is 13.8 Å². The predicted octanol–water partition coefficient (Wildman–Crippen LogP) is 3.86. The molecule has 0 aliphatic carbocycles. The second-order valence-corrected chi connectivity index (χ2v) is 5.60. The topological polar surface area (TPSA) is 48.0 Å². The summed E-state index contributed by atoms with van der Waals surface area (Å²) in [5, 5.41) is 5.79. The Bertz CT molecular complexity index is 845. The lowest BCUT2D eigenvalue weighted by Gasteiger charge is -1.99. The number of halogens is 1. The summed E-state index contributed by atoms with van der Waals surface area (Å²) in [6.45, 7) is 3.87. The normalized spacial score (nSPS) is 11.2. The van der Waals surface area contributed by atoms with Crippen molar-refractivity contribution in [1.29, 1.82) is 0 Å². The van der Waals surface area contributed by atoms with Gasteiger partial charge in [0.15, 0.2) is 5.76 Å². The number of rotatable bonds is 3. The lowest BCUT2D eigenvalue weighted by atomic mass is 10.1. The van der Waals surface area contributed by atoms with Crippen LogP contribution in [0.3, 0.4) is 0 Å². The maximum Gasteiger partial charge on any atom is 0.202 e. The Kier molecular flexibility index (Phi) is 3.33. The molecule has 0 N–H and O–H groups in total. The highest BCUT2D eigenvalue weighted by atomic mass is 35.5. The van der Waals surface area contributed by atoms with Crippen LogP contribution in [0.15, 0.2) is 28.7 Å². The fourth-order valence-electron chi connectivity index (χ4n) is 2.47. The average molecular weight is 303 g/mol. The fourth-order valence-corrected chi connectivity index (χ4v) is 2.65. The number of Topliss-reactive ketones (excluding diaryl/α,β-unsaturated/α-hetero) is 1. The first-order chi connectivity index (χ1) is 9.95. The number of benzene rings is 1. The summed E-state index contributed by atoms with van der Waals surface area (Å²) in [5.74, 6) is 0.302. The summed E-state index contributed by atoms with van der Waals surface area (Å²) >= 11 is 5.94. The van der Waals surface area contributed by atoms with Gasteiger partial charge in [-0.2, -0.15) is 5.10 Å². The molecule has 3 rings (SSSR count). The molecule has 0 aliphatic rings. The minimum absolute atomic E-state index is 0.0541. The molecule has 0 saturated heterocycles. The number of aryl methyl sites for hydroxylation is 2. The van der Waals surface area contributed by atoms with Gasteiger partial charge in [-0.3, -0.25) is 9.48 Å². The van der Waals surface area contributed by atoms with Gasteiger partial charge in [-0.1, -0.05) is 11.6 Å². The minimum Gasteiger partial charge on any atom is -0.453 e. The van der Waals surface area contributed by atoms with Crippen molar-refractivity contribution in [2.24, 2.45) is 7.05 Å². The monoisotopic (exact) mass is 302 g/mol. The van der Waals surface area contributed by atoms with Gasteiger partial charge in [-0.05, 0) is 38.1 Å². The number of carbonyl (C=O) groups is 1. The van der Waals surface area contributed by atoms with Crippen LogP contribution in [0.25, 0.3) is 11.0 Å². The number of aromatic nitrogens is 2. The Morgan fingerprint density at radius 2 is 2.10 bits per heavy atom. The van der Waals surface area contributed by atoms with Crippen molar-refractivity contribution in [3.05, 3.63) is 52.0 Å². The number of nitrogens with zero attached hydrogens (tertiary/aromatic N) is 2. The smallest absolute Gasteiger partial charge is 0.202 e. The van der Waals surface area contributed by atoms with Gasteiger partial charge in [-0.15, -0.1) is 0 Å². The van der Waals surface area contributed by atoms with Crippen molar-refractivity contribution >= 4 is 28.4 Å². The molecule has 2 heterocycles. The van der Waals surface area contributed by atoms with Crippen molar-refractivity contribution in [2.75, 3.05) is 0 Å². The van der Waals surface area contributed by atoms with Crippen LogP contribution in [-0.4, -0.2) is 15.6 Å². The molecule has 108 valence electrons. The second-order valence-electron chi connectivity index (χ2n) is 5.17. The number of hydrogen-bond acceptors (Lipinski definition) is 3. The third-order valence-electron chi connectivity index (χ3n) is 3.75. The molecule has 5 heteroatoms. The highest BCUT2D eigenvalue weighted by molar-refractivity contribution is 6.31. The molecule has 3 aromatic rings. The van der Waals surface area contributed by atoms with Crippen LogP contribution in [0.1, 0.15) is 27.5 Å². The highest BCUT2D eigenvalue weighted by Crippen LogP contribution is 2.24. The number of carbonyl (C=O) groups excluding carboxylic acids is 1. The van der Waals surface area contributed by atoms with Crippen molar-refractivity contribution in [2.45, 2.75) is 20.3 Å². The minimum atomic E-state index is -0.0541. The van der Waals surface area contributed by atoms with Crippen LogP contribution in [0.2, 0.25) is 5.02 Å². The first-order valence-electron chi connectivity index (χ1n) is 6.67. The summed E-state index contributed by atoms with van der Waals surface area (Å²) in [6, 6.07) is 7.05. The number of hydrogen-bond donors (Lipinski definition) is 0. The highest BCUT2D eigenvalue weighted by Gasteiger charge is 2.18. The molecule has 0 aliphatic heterocycles. The molecule has 0 atom stereocenters. The third kappa shape index (κ3) is 2.47. The number of fused-ring (bicyclic) bond motifs is 1. The Morgan fingerprint density at radius 3 is 2.76 bits per heavy atom. The van der Waals surface area contributed by atoms with Crippen molar-refractivity contribution in [3.63, 3.8) is 0 Å². The van der Waals surface area contributed by atoms with Gasteiger partial charge in [0.05, 0.1) is 5.69 Å². The van der Waals surface area contributed by atoms with Crippen LogP contribution < -0.4 is 0 Å². The molecule has 0 bridgehead atoms. The molecule has 0 saturated carbocycles. The zero-order valence-corrected chi connectivity index (χ0v) is 12.9. The second kappa shape index (κ2) is 5.04. The first kappa shape index (κ1) is 13.9. The zero-order valence-electron chi connectivity index (χ0n) is 12.1. The van der Waals surface area contributed by atoms with Crippen LogP contribution >= 0.6 is 11.6 Å². The standard InChI is InChI=1S/C16H15ClN2O2/c1-9-13(10(2)19(3)18-9)8-14(20)16-7-11-6-12(17)4-5-15(11)21-16/h4-7H,8H2,1-3H3. The fraction of sp³-hybridized carbons (Fsp3) is 0.250. The summed E-state index contributed by atoms with van der Waals surface area (Å²) in [7, 11) is 1.87. The van der Waals surface area contributed by atoms with E-state index in [0.29, 0.717) is 22.8 Å². The van der Waals surface area contributed by atoms with Gasteiger partial charge in [0, 0.05) is 35.1 Å². The van der Waals surface area contributed by atoms with Gasteiger partial charge >= 0.3 is 0 Å². The average Bonchev–Trinajstić information content (AvgIpc) is 2.95. The van der Waals surface area contributed by atoms with Crippen LogP contribution in [0.4, 0.5) is 0 Å². The lowest BCUT2D eigenvalue weighted by Crippen LogP contribution is -2.04. The predicted molar refractivity (Wildman–Crippen MR) is 81.9 cm³/mol. The van der Waals surface area contributed by atoms with Gasteiger partial charge in [0.2, 0.25) is 5.78 Å². The zero-order chi connectivity index (χ0) is 15.1. The summed E-state index contributed by atoms with van der Waals surface area (Å²) in [5.41, 5.74) is 3.51. The van der Waals surface area contributed by atoms with E-state index in [-0.39, 0.29) is 5.78 Å². The summed E-state index contributed by atoms with van der Waals surface area (Å²) in [4.78, 5) is 12.4. The van der Waals surface area contributed by atoms with E-state index in [1.165, 1.54) is 0 Å². The van der Waals surface area contributed by atoms with Gasteiger partial charge in [-0.25, -0.2) is 0 Å². The number of ketones is 1. The maximum atomic E-state index is 12.4. The van der Waals surface area contributed by atoms with E-state index >= 15 is 0 Å². The Morgan fingerprint density at radius 1 is 1.33 bits per heavy atom. The molecular formula is C16H15ClN2O2. The van der Waals surface area contributed by atoms with Crippen molar-refractivity contribution in [3.8, 4) is 0 Å². The quantitative estimate of drug-likeness (QED) is 0.690. The van der Waals surface area contributed by atoms with Gasteiger partial charge in [0.25, 0.3) is 0 Å². The number of furan rings is 1. The maximum absolute atomic E-state index is 12.4. The largest absolute Gasteiger partial charge is 0.453 e. The Hall–Kier alpha value is -2.07. The SMILES string of the molecule is Cc1nn(C)c(C)c1CC(=O)c1cc2cc(Cl)ccc2o1. The van der Waals surface area contributed by atoms with E-state index in [1.54, 1.807) is 28.9 Å². The Labute approximate surface area is 127 Å². The van der Waals surface area contributed by atoms with Crippen LogP contribution in [0.5, 0.6) is 0 Å². The molecular weight excluding hydrogens is 288 g/mol. The molecule has 0 spiro atoms. The van der Waals surface area contributed by atoms with Crippen LogP contribution in [-0.2, 0) is 13.5 Å². The molecule has 4 nitrogen and oxygen atoms in total. The molecule has 1 aromatic carbocycles. The first-order valence-corrected chi connectivity index (χ1v) is 7.05. The van der Waals surface area contributed by atoms with Crippen molar-refractivity contribution < 1.29 is 9.21 Å². The van der Waals surface area contributed by atoms with E-state index < -0.39 is 0 Å². The van der Waals surface area contributed by atoms with Gasteiger partial charge in [0.1, 0.15) is 5.58 Å².